The number of hydrogen-bond donors (Lipinski definition) is 3. The molecule has 0 radical (unpaired) electrons. The van der Waals surface area contributed by atoms with Crippen LogP contribution in [-0.4, -0.2) is 73.1 Å². The van der Waals surface area contributed by atoms with Crippen LogP contribution in [0, 0.1) is 5.41 Å². The van der Waals surface area contributed by atoms with E-state index in [0.29, 0.717) is 19.4 Å². The van der Waals surface area contributed by atoms with Crippen LogP contribution in [0.1, 0.15) is 26.7 Å². The summed E-state index contributed by atoms with van der Waals surface area (Å²) in [6.07, 6.45) is 1.01. The first-order valence-corrected chi connectivity index (χ1v) is 7.56. The Labute approximate surface area is 127 Å². The van der Waals surface area contributed by atoms with E-state index < -0.39 is 5.41 Å². The van der Waals surface area contributed by atoms with Crippen molar-refractivity contribution in [3.05, 3.63) is 0 Å². The van der Waals surface area contributed by atoms with Gasteiger partial charge >= 0.3 is 0 Å². The highest BCUT2D eigenvalue weighted by atomic mass is 16.4. The van der Waals surface area contributed by atoms with E-state index in [-0.39, 0.29) is 17.8 Å². The van der Waals surface area contributed by atoms with E-state index in [2.05, 4.69) is 34.4 Å². The van der Waals surface area contributed by atoms with E-state index in [9.17, 15) is 4.79 Å². The Morgan fingerprint density at radius 3 is 2.52 bits per heavy atom. The van der Waals surface area contributed by atoms with Crippen LogP contribution in [0.4, 0.5) is 0 Å². The van der Waals surface area contributed by atoms with Crippen molar-refractivity contribution in [3.63, 3.8) is 0 Å². The molecule has 1 aliphatic heterocycles. The van der Waals surface area contributed by atoms with Crippen LogP contribution in [0.25, 0.3) is 0 Å². The molecule has 1 heterocycles. The number of carbonyl (C=O) groups is 1. The lowest BCUT2D eigenvalue weighted by atomic mass is 9.80. The minimum Gasteiger partial charge on any atom is -0.409 e. The van der Waals surface area contributed by atoms with Gasteiger partial charge in [-0.1, -0.05) is 19.0 Å². The number of piperazine rings is 1. The fourth-order valence-electron chi connectivity index (χ4n) is 2.85. The third-order valence-corrected chi connectivity index (χ3v) is 4.72. The molecule has 0 spiro atoms. The summed E-state index contributed by atoms with van der Waals surface area (Å²) in [5.74, 6) is -0.177. The monoisotopic (exact) mass is 299 g/mol. The number of amidine groups is 1. The molecule has 0 aromatic rings. The van der Waals surface area contributed by atoms with E-state index in [4.69, 9.17) is 10.9 Å². The van der Waals surface area contributed by atoms with Gasteiger partial charge in [0.15, 0.2) is 5.84 Å². The second-order valence-electron chi connectivity index (χ2n) is 5.88. The number of oxime groups is 1. The van der Waals surface area contributed by atoms with Crippen molar-refractivity contribution in [1.82, 2.24) is 15.1 Å². The zero-order chi connectivity index (χ0) is 16.0. The fourth-order valence-corrected chi connectivity index (χ4v) is 2.85. The molecule has 1 atom stereocenters. The Morgan fingerprint density at radius 2 is 2.00 bits per heavy atom. The van der Waals surface area contributed by atoms with E-state index in [0.717, 1.165) is 19.6 Å². The van der Waals surface area contributed by atoms with Crippen LogP contribution >= 0.6 is 0 Å². The number of nitrogens with zero attached hydrogens (tertiary/aromatic N) is 3. The van der Waals surface area contributed by atoms with Crippen LogP contribution < -0.4 is 11.1 Å². The van der Waals surface area contributed by atoms with Crippen molar-refractivity contribution in [2.24, 2.45) is 16.3 Å². The molecule has 4 N–H and O–H groups in total. The molecule has 7 nitrogen and oxygen atoms in total. The Hall–Kier alpha value is -1.34. The minimum atomic E-state index is -0.923. The van der Waals surface area contributed by atoms with Gasteiger partial charge in [-0.25, -0.2) is 0 Å². The maximum atomic E-state index is 12.5. The van der Waals surface area contributed by atoms with Crippen molar-refractivity contribution in [1.29, 1.82) is 0 Å². The molecule has 1 aliphatic rings. The minimum absolute atomic E-state index is 0.0147. The number of nitrogens with two attached hydrogens (primary N) is 1. The van der Waals surface area contributed by atoms with Gasteiger partial charge in [-0.3, -0.25) is 9.69 Å². The predicted octanol–water partition coefficient (Wildman–Crippen LogP) is -0.0988. The first kappa shape index (κ1) is 17.7. The van der Waals surface area contributed by atoms with Gasteiger partial charge in [0.05, 0.1) is 0 Å². The predicted molar refractivity (Wildman–Crippen MR) is 83.3 cm³/mol. The van der Waals surface area contributed by atoms with Gasteiger partial charge in [-0.15, -0.1) is 0 Å². The highest BCUT2D eigenvalue weighted by Gasteiger charge is 2.40. The maximum Gasteiger partial charge on any atom is 0.233 e. The summed E-state index contributed by atoms with van der Waals surface area (Å²) >= 11 is 0. The lowest BCUT2D eigenvalue weighted by Crippen LogP contribution is -2.57. The van der Waals surface area contributed by atoms with Gasteiger partial charge in [0.25, 0.3) is 0 Å². The normalized spacial score (nSPS) is 22.3. The van der Waals surface area contributed by atoms with Crippen molar-refractivity contribution in [2.45, 2.75) is 32.7 Å². The van der Waals surface area contributed by atoms with Crippen LogP contribution in [-0.2, 0) is 4.79 Å². The second kappa shape index (κ2) is 7.61. The zero-order valence-electron chi connectivity index (χ0n) is 13.6. The molecule has 0 aromatic carbocycles. The molecular weight excluding hydrogens is 270 g/mol. The van der Waals surface area contributed by atoms with E-state index in [1.807, 2.05) is 13.8 Å². The molecule has 1 amide bonds. The number of likely N-dealkylation sites (N-methyl/N-ethyl adjacent to an activating group) is 2. The highest BCUT2D eigenvalue weighted by molar-refractivity contribution is 6.06. The summed E-state index contributed by atoms with van der Waals surface area (Å²) in [6.45, 7) is 7.28. The second-order valence-corrected chi connectivity index (χ2v) is 5.88. The summed E-state index contributed by atoms with van der Waals surface area (Å²) in [5, 5.41) is 15.0. The Morgan fingerprint density at radius 1 is 1.38 bits per heavy atom. The molecule has 7 heteroatoms. The fraction of sp³-hybridized carbons (Fsp3) is 0.857. The van der Waals surface area contributed by atoms with Gasteiger partial charge in [0.2, 0.25) is 5.91 Å². The first-order valence-electron chi connectivity index (χ1n) is 7.56. The molecule has 1 rings (SSSR count). The molecule has 0 aliphatic carbocycles. The lowest BCUT2D eigenvalue weighted by Gasteiger charge is -2.38. The summed E-state index contributed by atoms with van der Waals surface area (Å²) in [6, 6.07) is 0.284. The van der Waals surface area contributed by atoms with Crippen molar-refractivity contribution in [2.75, 3.05) is 40.3 Å². The number of nitrogens with one attached hydrogen (secondary N) is 1. The summed E-state index contributed by atoms with van der Waals surface area (Å²) in [5.41, 5.74) is 4.83. The molecule has 0 aromatic heterocycles. The van der Waals surface area contributed by atoms with Crippen LogP contribution in [0.15, 0.2) is 5.16 Å². The largest absolute Gasteiger partial charge is 0.409 e. The molecule has 1 saturated heterocycles. The Bertz CT molecular complexity index is 382. The highest BCUT2D eigenvalue weighted by Crippen LogP contribution is 2.27. The smallest absolute Gasteiger partial charge is 0.233 e. The lowest BCUT2D eigenvalue weighted by molar-refractivity contribution is -0.128. The van der Waals surface area contributed by atoms with Crippen molar-refractivity contribution < 1.29 is 10.0 Å². The van der Waals surface area contributed by atoms with Crippen molar-refractivity contribution >= 4 is 11.7 Å². The SMILES string of the molecule is CCC(CC)(C(=O)NCC1CN(C)CCN1C)C(N)=NO. The first-order chi connectivity index (χ1) is 9.91. The molecular formula is C14H29N5O2. The van der Waals surface area contributed by atoms with Gasteiger partial charge in [0, 0.05) is 32.2 Å². The van der Waals surface area contributed by atoms with Gasteiger partial charge < -0.3 is 21.2 Å². The average molecular weight is 299 g/mol. The molecule has 0 bridgehead atoms. The molecule has 0 saturated carbocycles. The van der Waals surface area contributed by atoms with Crippen LogP contribution in [0.2, 0.25) is 0 Å². The quantitative estimate of drug-likeness (QED) is 0.276. The topological polar surface area (TPSA) is 94.2 Å². The molecule has 21 heavy (non-hydrogen) atoms. The summed E-state index contributed by atoms with van der Waals surface area (Å²) < 4.78 is 0. The molecule has 1 unspecified atom stereocenters. The standard InChI is InChI=1S/C14H29N5O2/c1-5-14(6-2,12(15)17-21)13(20)16-9-11-10-18(3)7-8-19(11)4/h11,21H,5-10H2,1-4H3,(H2,15,17)(H,16,20). The van der Waals surface area contributed by atoms with E-state index in [1.54, 1.807) is 0 Å². The van der Waals surface area contributed by atoms with Gasteiger partial charge in [-0.05, 0) is 26.9 Å². The van der Waals surface area contributed by atoms with E-state index >= 15 is 0 Å². The number of rotatable bonds is 6. The third kappa shape index (κ3) is 3.85. The van der Waals surface area contributed by atoms with Gasteiger partial charge in [0.1, 0.15) is 5.41 Å². The maximum absolute atomic E-state index is 12.5. The number of hydrogen-bond acceptors (Lipinski definition) is 5. The van der Waals surface area contributed by atoms with Crippen LogP contribution in [0.5, 0.6) is 0 Å². The Balaban J connectivity index is 2.70. The molecule has 1 fully saturated rings. The summed E-state index contributed by atoms with van der Waals surface area (Å²) in [7, 11) is 4.15. The third-order valence-electron chi connectivity index (χ3n) is 4.72. The average Bonchev–Trinajstić information content (AvgIpc) is 2.49. The molecule has 122 valence electrons. The summed E-state index contributed by atoms with van der Waals surface area (Å²) in [4.78, 5) is 17.1. The van der Waals surface area contributed by atoms with Gasteiger partial charge in [-0.2, -0.15) is 0 Å². The number of carbonyl (C=O) groups excluding carboxylic acids is 1. The Kier molecular flexibility index (Phi) is 6.42. The zero-order valence-corrected chi connectivity index (χ0v) is 13.6. The number of amides is 1. The van der Waals surface area contributed by atoms with E-state index in [1.165, 1.54) is 0 Å². The van der Waals surface area contributed by atoms with Crippen LogP contribution in [0.3, 0.4) is 0 Å². The van der Waals surface area contributed by atoms with Crippen molar-refractivity contribution in [3.8, 4) is 0 Å².